The first-order valence-corrected chi connectivity index (χ1v) is 6.44. The van der Waals surface area contributed by atoms with Gasteiger partial charge in [0.05, 0.1) is 26.9 Å². The first-order chi connectivity index (χ1) is 10.9. The highest BCUT2D eigenvalue weighted by atomic mass is 16.5. The maximum absolute atomic E-state index is 10.7. The van der Waals surface area contributed by atoms with Crippen LogP contribution in [0.1, 0.15) is 10.4 Å². The van der Waals surface area contributed by atoms with Gasteiger partial charge >= 0.3 is 5.97 Å². The highest BCUT2D eigenvalue weighted by Crippen LogP contribution is 2.36. The summed E-state index contributed by atoms with van der Waals surface area (Å²) in [7, 11) is 4.19. The van der Waals surface area contributed by atoms with Crippen LogP contribution in [-0.2, 0) is 0 Å². The van der Waals surface area contributed by atoms with Gasteiger partial charge in [-0.25, -0.2) is 4.79 Å². The van der Waals surface area contributed by atoms with Gasteiger partial charge in [0.1, 0.15) is 0 Å². The molecule has 0 amide bonds. The lowest BCUT2D eigenvalue weighted by atomic mass is 10.2. The van der Waals surface area contributed by atoms with Crippen LogP contribution in [0, 0.1) is 0 Å². The average Bonchev–Trinajstić information content (AvgIpc) is 2.56. The Labute approximate surface area is 133 Å². The normalized spacial score (nSPS) is 9.35. The smallest absolute Gasteiger partial charge is 0.335 e. The van der Waals surface area contributed by atoms with Gasteiger partial charge in [-0.1, -0.05) is 12.1 Å². The topological polar surface area (TPSA) is 105 Å². The van der Waals surface area contributed by atoms with E-state index in [1.54, 1.807) is 24.3 Å². The van der Waals surface area contributed by atoms with Crippen LogP contribution >= 0.6 is 0 Å². The molecule has 0 fully saturated rings. The van der Waals surface area contributed by atoms with Crippen molar-refractivity contribution in [2.24, 2.45) is 0 Å². The van der Waals surface area contributed by atoms with Crippen molar-refractivity contribution >= 4 is 5.97 Å². The summed E-state index contributed by atoms with van der Waals surface area (Å²) in [6.07, 6.45) is 0. The number of aromatic hydroxyl groups is 2. The molecule has 2 aromatic carbocycles. The molecule has 0 aromatic heterocycles. The fraction of sp³-hybridized carbons (Fsp3) is 0.188. The standard InChI is InChI=1S/C9H10O5.C7H8O2/c1-13-6-3-5(9(11)12)4-7(14-2)8(6)10;1-9-7-5-3-2-4-6(7)8/h3-4,10H,1-2H3,(H,11,12);2-5,8H,1H3. The molecule has 0 aliphatic heterocycles. The molecule has 0 aliphatic rings. The van der Waals surface area contributed by atoms with Crippen molar-refractivity contribution in [3.05, 3.63) is 42.0 Å². The summed E-state index contributed by atoms with van der Waals surface area (Å²) in [5.74, 6) is -0.484. The number of carbonyl (C=O) groups is 1. The molecule has 0 radical (unpaired) electrons. The number of methoxy groups -OCH3 is 3. The lowest BCUT2D eigenvalue weighted by molar-refractivity contribution is 0.0696. The highest BCUT2D eigenvalue weighted by molar-refractivity contribution is 5.89. The number of hydrogen-bond donors (Lipinski definition) is 3. The third kappa shape index (κ3) is 4.70. The van der Waals surface area contributed by atoms with Gasteiger partial charge in [-0.3, -0.25) is 0 Å². The SMILES string of the molecule is COc1cc(C(=O)O)cc(OC)c1O.COc1ccccc1O. The van der Waals surface area contributed by atoms with Crippen LogP contribution in [0.4, 0.5) is 0 Å². The molecule has 3 N–H and O–H groups in total. The molecule has 0 aliphatic carbocycles. The van der Waals surface area contributed by atoms with E-state index in [0.29, 0.717) is 5.75 Å². The Morgan fingerprint density at radius 2 is 1.35 bits per heavy atom. The number of benzene rings is 2. The Bertz CT molecular complexity index is 642. The number of carboxylic acids is 1. The Hall–Kier alpha value is -3.09. The van der Waals surface area contributed by atoms with Crippen molar-refractivity contribution in [1.29, 1.82) is 0 Å². The maximum atomic E-state index is 10.7. The van der Waals surface area contributed by atoms with E-state index in [1.165, 1.54) is 33.5 Å². The minimum atomic E-state index is -1.11. The molecule has 0 saturated carbocycles. The molecule has 124 valence electrons. The first kappa shape index (κ1) is 18.0. The molecule has 23 heavy (non-hydrogen) atoms. The first-order valence-electron chi connectivity index (χ1n) is 6.44. The summed E-state index contributed by atoms with van der Waals surface area (Å²) in [5.41, 5.74) is -0.00324. The maximum Gasteiger partial charge on any atom is 0.335 e. The summed E-state index contributed by atoms with van der Waals surface area (Å²) >= 11 is 0. The zero-order valence-electron chi connectivity index (χ0n) is 12.9. The largest absolute Gasteiger partial charge is 0.504 e. The van der Waals surface area contributed by atoms with E-state index < -0.39 is 5.97 Å². The van der Waals surface area contributed by atoms with Crippen LogP contribution in [0.2, 0.25) is 0 Å². The number of phenolic OH excluding ortho intramolecular Hbond substituents is 2. The van der Waals surface area contributed by atoms with Crippen molar-refractivity contribution in [1.82, 2.24) is 0 Å². The van der Waals surface area contributed by atoms with Gasteiger partial charge in [-0.15, -0.1) is 0 Å². The second-order valence-corrected chi connectivity index (χ2v) is 4.21. The van der Waals surface area contributed by atoms with E-state index in [2.05, 4.69) is 0 Å². The van der Waals surface area contributed by atoms with E-state index in [9.17, 15) is 9.90 Å². The van der Waals surface area contributed by atoms with Crippen LogP contribution in [-0.4, -0.2) is 42.6 Å². The summed E-state index contributed by atoms with van der Waals surface area (Å²) < 4.78 is 14.4. The molecule has 0 bridgehead atoms. The minimum Gasteiger partial charge on any atom is -0.504 e. The zero-order chi connectivity index (χ0) is 17.4. The Balaban J connectivity index is 0.000000253. The van der Waals surface area contributed by atoms with Gasteiger partial charge in [0.15, 0.2) is 23.0 Å². The van der Waals surface area contributed by atoms with Crippen molar-refractivity contribution in [2.75, 3.05) is 21.3 Å². The second-order valence-electron chi connectivity index (χ2n) is 4.21. The van der Waals surface area contributed by atoms with Gasteiger partial charge in [0.25, 0.3) is 0 Å². The number of carboxylic acid groups (broad SMARTS) is 1. The summed E-state index contributed by atoms with van der Waals surface area (Å²) in [5, 5.41) is 27.2. The summed E-state index contributed by atoms with van der Waals surface area (Å²) in [6, 6.07) is 9.28. The Kier molecular flexibility index (Phi) is 6.54. The molecule has 0 unspecified atom stereocenters. The number of phenols is 2. The number of ether oxygens (including phenoxy) is 3. The number of para-hydroxylation sites is 2. The summed E-state index contributed by atoms with van der Waals surface area (Å²) in [6.45, 7) is 0. The van der Waals surface area contributed by atoms with Gasteiger partial charge in [-0.05, 0) is 24.3 Å². The van der Waals surface area contributed by atoms with Crippen molar-refractivity contribution in [3.63, 3.8) is 0 Å². The molecule has 2 rings (SSSR count). The van der Waals surface area contributed by atoms with Crippen LogP contribution < -0.4 is 14.2 Å². The predicted molar refractivity (Wildman–Crippen MR) is 82.8 cm³/mol. The fourth-order valence-electron chi connectivity index (χ4n) is 1.65. The lowest BCUT2D eigenvalue weighted by Crippen LogP contribution is -1.98. The van der Waals surface area contributed by atoms with Gasteiger partial charge in [0.2, 0.25) is 5.75 Å². The number of aromatic carboxylic acids is 1. The van der Waals surface area contributed by atoms with Crippen LogP contribution in [0.3, 0.4) is 0 Å². The van der Waals surface area contributed by atoms with Gasteiger partial charge < -0.3 is 29.5 Å². The van der Waals surface area contributed by atoms with Crippen LogP contribution in [0.25, 0.3) is 0 Å². The molecule has 0 saturated heterocycles. The lowest BCUT2D eigenvalue weighted by Gasteiger charge is -2.08. The Morgan fingerprint density at radius 1 is 0.870 bits per heavy atom. The van der Waals surface area contributed by atoms with E-state index in [-0.39, 0.29) is 28.6 Å². The van der Waals surface area contributed by atoms with E-state index in [0.717, 1.165) is 0 Å². The fourth-order valence-corrected chi connectivity index (χ4v) is 1.65. The molecule has 2 aromatic rings. The quantitative estimate of drug-likeness (QED) is 0.794. The van der Waals surface area contributed by atoms with Crippen LogP contribution in [0.5, 0.6) is 28.7 Å². The average molecular weight is 322 g/mol. The number of rotatable bonds is 4. The molecule has 7 heteroatoms. The van der Waals surface area contributed by atoms with Crippen molar-refractivity contribution < 1.29 is 34.3 Å². The van der Waals surface area contributed by atoms with Gasteiger partial charge in [-0.2, -0.15) is 0 Å². The van der Waals surface area contributed by atoms with Crippen LogP contribution in [0.15, 0.2) is 36.4 Å². The predicted octanol–water partition coefficient (Wildman–Crippen LogP) is 2.51. The van der Waals surface area contributed by atoms with Crippen molar-refractivity contribution in [3.8, 4) is 28.7 Å². The molecule has 0 atom stereocenters. The molecule has 7 nitrogen and oxygen atoms in total. The minimum absolute atomic E-state index is 0.00324. The third-order valence-electron chi connectivity index (χ3n) is 2.81. The van der Waals surface area contributed by atoms with E-state index in [4.69, 9.17) is 24.4 Å². The molecule has 0 spiro atoms. The van der Waals surface area contributed by atoms with E-state index >= 15 is 0 Å². The van der Waals surface area contributed by atoms with E-state index in [1.807, 2.05) is 0 Å². The van der Waals surface area contributed by atoms with Crippen molar-refractivity contribution in [2.45, 2.75) is 0 Å². The zero-order valence-corrected chi connectivity index (χ0v) is 12.9. The van der Waals surface area contributed by atoms with Gasteiger partial charge in [0, 0.05) is 0 Å². The Morgan fingerprint density at radius 3 is 1.70 bits per heavy atom. The summed E-state index contributed by atoms with van der Waals surface area (Å²) in [4.78, 5) is 10.7. The number of hydrogen-bond acceptors (Lipinski definition) is 6. The highest BCUT2D eigenvalue weighted by Gasteiger charge is 2.14. The molecule has 0 heterocycles. The second kappa shape index (κ2) is 8.38. The monoisotopic (exact) mass is 322 g/mol. The third-order valence-corrected chi connectivity index (χ3v) is 2.81. The molecular weight excluding hydrogens is 304 g/mol. The molecular formula is C16H18O7.